The van der Waals surface area contributed by atoms with E-state index in [4.69, 9.17) is 17.3 Å². The number of aromatic amines is 1. The number of thioether (sulfide) groups is 1. The first-order valence-corrected chi connectivity index (χ1v) is 6.25. The topological polar surface area (TPSA) is 54.7 Å². The van der Waals surface area contributed by atoms with Gasteiger partial charge in [0.25, 0.3) is 0 Å². The molecular formula is C11H12ClN3S. The minimum atomic E-state index is 0.495. The van der Waals surface area contributed by atoms with Gasteiger partial charge in [-0.25, -0.2) is 4.98 Å². The molecule has 1 heterocycles. The third-order valence-corrected chi connectivity index (χ3v) is 3.31. The lowest BCUT2D eigenvalue weighted by Crippen LogP contribution is -1.96. The predicted octanol–water partition coefficient (Wildman–Crippen LogP) is 2.81. The van der Waals surface area contributed by atoms with Crippen LogP contribution in [0.1, 0.15) is 11.5 Å². The van der Waals surface area contributed by atoms with Crippen molar-refractivity contribution in [2.45, 2.75) is 17.2 Å². The van der Waals surface area contributed by atoms with E-state index in [2.05, 4.69) is 9.97 Å². The highest BCUT2D eigenvalue weighted by atomic mass is 35.5. The van der Waals surface area contributed by atoms with Crippen LogP contribution in [0.15, 0.2) is 35.4 Å². The third-order valence-electron chi connectivity index (χ3n) is 2.07. The predicted molar refractivity (Wildman–Crippen MR) is 67.5 cm³/mol. The van der Waals surface area contributed by atoms with E-state index in [-0.39, 0.29) is 0 Å². The zero-order valence-electron chi connectivity index (χ0n) is 8.61. The molecule has 0 aliphatic heterocycles. The van der Waals surface area contributed by atoms with Crippen LogP contribution in [0.5, 0.6) is 0 Å². The van der Waals surface area contributed by atoms with Crippen LogP contribution in [-0.4, -0.2) is 9.97 Å². The highest BCUT2D eigenvalue weighted by Crippen LogP contribution is 2.24. The zero-order chi connectivity index (χ0) is 11.4. The van der Waals surface area contributed by atoms with Gasteiger partial charge >= 0.3 is 0 Å². The molecule has 1 aromatic carbocycles. The summed E-state index contributed by atoms with van der Waals surface area (Å²) in [5.41, 5.74) is 6.45. The summed E-state index contributed by atoms with van der Waals surface area (Å²) in [6.45, 7) is 0.495. The van der Waals surface area contributed by atoms with Crippen LogP contribution in [0.3, 0.4) is 0 Å². The molecule has 0 aliphatic carbocycles. The first kappa shape index (κ1) is 11.5. The van der Waals surface area contributed by atoms with Crippen molar-refractivity contribution in [3.63, 3.8) is 0 Å². The van der Waals surface area contributed by atoms with E-state index >= 15 is 0 Å². The van der Waals surface area contributed by atoms with Crippen molar-refractivity contribution in [2.24, 2.45) is 5.73 Å². The van der Waals surface area contributed by atoms with Crippen molar-refractivity contribution in [3.8, 4) is 0 Å². The molecule has 0 bridgehead atoms. The maximum atomic E-state index is 5.90. The summed E-state index contributed by atoms with van der Waals surface area (Å²) in [7, 11) is 0. The summed E-state index contributed by atoms with van der Waals surface area (Å²) >= 11 is 7.59. The Morgan fingerprint density at radius 2 is 2.31 bits per heavy atom. The van der Waals surface area contributed by atoms with Gasteiger partial charge in [-0.15, -0.1) is 11.8 Å². The Hall–Kier alpha value is -0.970. The number of nitrogens with two attached hydrogens (primary N) is 1. The van der Waals surface area contributed by atoms with Gasteiger partial charge in [0.2, 0.25) is 0 Å². The maximum absolute atomic E-state index is 5.90. The van der Waals surface area contributed by atoms with Crippen LogP contribution in [0, 0.1) is 0 Å². The molecule has 0 atom stereocenters. The van der Waals surface area contributed by atoms with Crippen molar-refractivity contribution in [1.29, 1.82) is 0 Å². The quantitative estimate of drug-likeness (QED) is 0.824. The molecule has 0 saturated carbocycles. The van der Waals surface area contributed by atoms with E-state index in [1.54, 1.807) is 18.0 Å². The molecule has 3 nitrogen and oxygen atoms in total. The highest BCUT2D eigenvalue weighted by Gasteiger charge is 2.01. The van der Waals surface area contributed by atoms with Gasteiger partial charge < -0.3 is 10.7 Å². The molecule has 0 amide bonds. The van der Waals surface area contributed by atoms with E-state index in [0.717, 1.165) is 27.2 Å². The summed E-state index contributed by atoms with van der Waals surface area (Å²) in [5.74, 6) is 1.73. The van der Waals surface area contributed by atoms with Gasteiger partial charge in [-0.3, -0.25) is 0 Å². The third kappa shape index (κ3) is 3.01. The molecule has 3 N–H and O–H groups in total. The molecule has 5 heteroatoms. The molecule has 16 heavy (non-hydrogen) atoms. The highest BCUT2D eigenvalue weighted by molar-refractivity contribution is 7.98. The Morgan fingerprint density at radius 1 is 1.44 bits per heavy atom. The molecule has 0 saturated heterocycles. The first-order valence-electron chi connectivity index (χ1n) is 4.89. The number of imidazole rings is 1. The van der Waals surface area contributed by atoms with Crippen LogP contribution in [-0.2, 0) is 12.3 Å². The zero-order valence-corrected chi connectivity index (χ0v) is 10.2. The lowest BCUT2D eigenvalue weighted by atomic mass is 10.4. The number of hydrogen-bond donors (Lipinski definition) is 2. The van der Waals surface area contributed by atoms with E-state index < -0.39 is 0 Å². The fraction of sp³-hybridized carbons (Fsp3) is 0.182. The lowest BCUT2D eigenvalue weighted by Gasteiger charge is -1.99. The van der Waals surface area contributed by atoms with Crippen LogP contribution >= 0.6 is 23.4 Å². The van der Waals surface area contributed by atoms with E-state index in [9.17, 15) is 0 Å². The molecule has 0 unspecified atom stereocenters. The second kappa shape index (κ2) is 5.39. The van der Waals surface area contributed by atoms with E-state index in [0.29, 0.717) is 6.54 Å². The number of H-pyrrole nitrogens is 1. The minimum absolute atomic E-state index is 0.495. The Labute approximate surface area is 103 Å². The molecule has 2 aromatic rings. The molecule has 1 aromatic heterocycles. The Kier molecular flexibility index (Phi) is 3.88. The lowest BCUT2D eigenvalue weighted by molar-refractivity contribution is 0.993. The molecule has 84 valence electrons. The SMILES string of the molecule is NCc1cnc(CSc2cccc(Cl)c2)[nH]1. The molecule has 0 fully saturated rings. The number of nitrogens with one attached hydrogen (secondary N) is 1. The number of benzene rings is 1. The number of nitrogens with zero attached hydrogens (tertiary/aromatic N) is 1. The maximum Gasteiger partial charge on any atom is 0.116 e. The summed E-state index contributed by atoms with van der Waals surface area (Å²) in [5, 5.41) is 0.757. The monoisotopic (exact) mass is 253 g/mol. The smallest absolute Gasteiger partial charge is 0.116 e. The van der Waals surface area contributed by atoms with Crippen LogP contribution in [0.25, 0.3) is 0 Å². The average molecular weight is 254 g/mol. The fourth-order valence-corrected chi connectivity index (χ4v) is 2.38. The van der Waals surface area contributed by atoms with Crippen LogP contribution in [0.4, 0.5) is 0 Å². The van der Waals surface area contributed by atoms with Crippen LogP contribution < -0.4 is 5.73 Å². The first-order chi connectivity index (χ1) is 7.78. The molecule has 0 aliphatic rings. The van der Waals surface area contributed by atoms with Crippen LogP contribution in [0.2, 0.25) is 5.02 Å². The van der Waals surface area contributed by atoms with Crippen molar-refractivity contribution in [2.75, 3.05) is 0 Å². The number of halogens is 1. The minimum Gasteiger partial charge on any atom is -0.344 e. The van der Waals surface area contributed by atoms with E-state index in [1.165, 1.54) is 0 Å². The van der Waals surface area contributed by atoms with Gasteiger partial charge in [0.15, 0.2) is 0 Å². The number of aromatic nitrogens is 2. The normalized spacial score (nSPS) is 10.6. The van der Waals surface area contributed by atoms with Gasteiger partial charge in [0.05, 0.1) is 5.75 Å². The van der Waals surface area contributed by atoms with Crippen molar-refractivity contribution in [3.05, 3.63) is 47.0 Å². The van der Waals surface area contributed by atoms with Gasteiger partial charge in [-0.05, 0) is 18.2 Å². The van der Waals surface area contributed by atoms with Crippen molar-refractivity contribution in [1.82, 2.24) is 9.97 Å². The van der Waals surface area contributed by atoms with Gasteiger partial charge in [-0.1, -0.05) is 17.7 Å². The average Bonchev–Trinajstić information content (AvgIpc) is 2.74. The Morgan fingerprint density at radius 3 is 3.00 bits per heavy atom. The van der Waals surface area contributed by atoms with Gasteiger partial charge in [-0.2, -0.15) is 0 Å². The molecule has 0 radical (unpaired) electrons. The fourth-order valence-electron chi connectivity index (χ4n) is 1.29. The summed E-state index contributed by atoms with van der Waals surface area (Å²) in [6, 6.07) is 7.78. The largest absolute Gasteiger partial charge is 0.344 e. The summed E-state index contributed by atoms with van der Waals surface area (Å²) in [6.07, 6.45) is 1.77. The number of rotatable bonds is 4. The molecular weight excluding hydrogens is 242 g/mol. The Balaban J connectivity index is 1.96. The standard InChI is InChI=1S/C11H12ClN3S/c12-8-2-1-3-10(4-8)16-7-11-14-6-9(5-13)15-11/h1-4,6H,5,7,13H2,(H,14,15). The summed E-state index contributed by atoms with van der Waals surface area (Å²) < 4.78 is 0. The van der Waals surface area contributed by atoms with Crippen molar-refractivity contribution < 1.29 is 0 Å². The second-order valence-corrected chi connectivity index (χ2v) is 4.79. The summed E-state index contributed by atoms with van der Waals surface area (Å²) in [4.78, 5) is 8.53. The van der Waals surface area contributed by atoms with Gasteiger partial charge in [0.1, 0.15) is 5.82 Å². The molecule has 0 spiro atoms. The number of hydrogen-bond acceptors (Lipinski definition) is 3. The molecule has 2 rings (SSSR count). The Bertz CT molecular complexity index is 470. The van der Waals surface area contributed by atoms with Crippen molar-refractivity contribution >= 4 is 23.4 Å². The van der Waals surface area contributed by atoms with E-state index in [1.807, 2.05) is 24.3 Å². The van der Waals surface area contributed by atoms with Gasteiger partial charge in [0, 0.05) is 28.4 Å². The second-order valence-electron chi connectivity index (χ2n) is 3.31.